The summed E-state index contributed by atoms with van der Waals surface area (Å²) in [6, 6.07) is 0. The van der Waals surface area contributed by atoms with Crippen LogP contribution in [0.5, 0.6) is 0 Å². The van der Waals surface area contributed by atoms with E-state index >= 15 is 0 Å². The van der Waals surface area contributed by atoms with E-state index in [0.29, 0.717) is 0 Å². The summed E-state index contributed by atoms with van der Waals surface area (Å²) in [4.78, 5) is 25.3. The molecule has 0 aromatic rings. The molecule has 0 saturated heterocycles. The summed E-state index contributed by atoms with van der Waals surface area (Å²) in [5.74, 6) is 0. The lowest BCUT2D eigenvalue weighted by Gasteiger charge is -2.14. The molecule has 0 heterocycles. The van der Waals surface area contributed by atoms with E-state index < -0.39 is 25.9 Å². The Balaban J connectivity index is 3.51. The van der Waals surface area contributed by atoms with Crippen LogP contribution in [0.4, 0.5) is 0 Å². The van der Waals surface area contributed by atoms with Crippen molar-refractivity contribution in [3.8, 4) is 0 Å². The molecule has 0 amide bonds. The lowest BCUT2D eigenvalue weighted by atomic mass is 11.3. The average molecular weight is 266 g/mol. The first kappa shape index (κ1) is 16.5. The Bertz CT molecular complexity index is 173. The van der Waals surface area contributed by atoms with Crippen LogP contribution in [-0.2, 0) is 34.2 Å². The van der Waals surface area contributed by atoms with Gasteiger partial charge >= 0.3 is 19.4 Å². The molecule has 0 aliphatic heterocycles. The molecular formula is C4H10O13. The number of aliphatic hydroxyl groups excluding tert-OH is 4. The summed E-state index contributed by atoms with van der Waals surface area (Å²) in [6.45, 7) is -9.11. The minimum absolute atomic E-state index is 2.22. The molecule has 0 bridgehead atoms. The van der Waals surface area contributed by atoms with Gasteiger partial charge in [-0.15, -0.1) is 0 Å². The fourth-order valence-corrected chi connectivity index (χ4v) is 0.337. The number of aliphatic hydroxyl groups is 5. The van der Waals surface area contributed by atoms with Gasteiger partial charge in [0.25, 0.3) is 6.48 Å². The molecule has 0 saturated carbocycles. The van der Waals surface area contributed by atoms with Crippen molar-refractivity contribution in [2.24, 2.45) is 0 Å². The zero-order valence-corrected chi connectivity index (χ0v) is 7.85. The number of hydrogen-bond donors (Lipinski definition) is 6. The van der Waals surface area contributed by atoms with Crippen LogP contribution >= 0.6 is 0 Å². The normalized spacial score (nSPS) is 17.1. The fourth-order valence-electron chi connectivity index (χ4n) is 0.337. The third kappa shape index (κ3) is 10.4. The van der Waals surface area contributed by atoms with Crippen LogP contribution in [0.3, 0.4) is 0 Å². The Morgan fingerprint density at radius 1 is 0.529 bits per heavy atom. The largest absolute Gasteiger partial charge is 0.344 e. The Morgan fingerprint density at radius 3 is 1.24 bits per heavy atom. The van der Waals surface area contributed by atoms with Gasteiger partial charge in [-0.25, -0.2) is 5.26 Å². The van der Waals surface area contributed by atoms with E-state index in [1.54, 1.807) is 0 Å². The molecule has 3 unspecified atom stereocenters. The predicted octanol–water partition coefficient (Wildman–Crippen LogP) is -3.58. The topological polar surface area (TPSA) is 186 Å². The van der Waals surface area contributed by atoms with Gasteiger partial charge < -0.3 is 25.5 Å². The van der Waals surface area contributed by atoms with E-state index in [-0.39, 0.29) is 0 Å². The number of rotatable bonds is 10. The molecule has 13 nitrogen and oxygen atoms in total. The second-order valence-electron chi connectivity index (χ2n) is 1.93. The monoisotopic (exact) mass is 266 g/mol. The van der Waals surface area contributed by atoms with Crippen molar-refractivity contribution in [2.75, 3.05) is 0 Å². The molecule has 6 N–H and O–H groups in total. The third-order valence-corrected chi connectivity index (χ3v) is 0.754. The van der Waals surface area contributed by atoms with Crippen molar-refractivity contribution in [3.63, 3.8) is 0 Å². The Kier molecular flexibility index (Phi) is 9.21. The molecule has 17 heavy (non-hydrogen) atoms. The van der Waals surface area contributed by atoms with E-state index in [4.69, 9.17) is 30.8 Å². The molecule has 0 aromatic carbocycles. The Hall–Kier alpha value is -0.520. The quantitative estimate of drug-likeness (QED) is 0.129. The van der Waals surface area contributed by atoms with Crippen molar-refractivity contribution in [3.05, 3.63) is 0 Å². The molecule has 0 aromatic heterocycles. The van der Waals surface area contributed by atoms with Gasteiger partial charge in [0.05, 0.1) is 0 Å². The van der Waals surface area contributed by atoms with E-state index in [0.717, 1.165) is 0 Å². The average Bonchev–Trinajstić information content (AvgIpc) is 2.30. The SMILES string of the molecule is OOC(O)OOC(O)OOC(O)OOC(O)O. The van der Waals surface area contributed by atoms with Crippen molar-refractivity contribution >= 4 is 0 Å². The first-order chi connectivity index (χ1) is 7.95. The van der Waals surface area contributed by atoms with E-state index in [2.05, 4.69) is 34.2 Å². The minimum Gasteiger partial charge on any atom is -0.344 e. The van der Waals surface area contributed by atoms with Crippen molar-refractivity contribution in [1.29, 1.82) is 0 Å². The Labute approximate surface area is 92.1 Å². The number of hydrogen-bond acceptors (Lipinski definition) is 13. The molecule has 0 radical (unpaired) electrons. The van der Waals surface area contributed by atoms with Crippen LogP contribution in [0.1, 0.15) is 0 Å². The predicted molar refractivity (Wildman–Crippen MR) is 36.5 cm³/mol. The van der Waals surface area contributed by atoms with Crippen LogP contribution in [0.25, 0.3) is 0 Å². The van der Waals surface area contributed by atoms with E-state index in [1.165, 1.54) is 0 Å². The van der Waals surface area contributed by atoms with Crippen LogP contribution < -0.4 is 0 Å². The van der Waals surface area contributed by atoms with E-state index in [1.807, 2.05) is 0 Å². The second-order valence-corrected chi connectivity index (χ2v) is 1.93. The Morgan fingerprint density at radius 2 is 0.882 bits per heavy atom. The minimum atomic E-state index is -2.34. The van der Waals surface area contributed by atoms with Gasteiger partial charge in [0.2, 0.25) is 0 Å². The van der Waals surface area contributed by atoms with Crippen LogP contribution in [0, 0.1) is 0 Å². The maximum absolute atomic E-state index is 8.67. The van der Waals surface area contributed by atoms with Crippen LogP contribution in [0.15, 0.2) is 0 Å². The lowest BCUT2D eigenvalue weighted by molar-refractivity contribution is -0.614. The molecule has 0 aliphatic carbocycles. The van der Waals surface area contributed by atoms with Crippen LogP contribution in [-0.4, -0.2) is 56.7 Å². The van der Waals surface area contributed by atoms with Gasteiger partial charge in [0.15, 0.2) is 0 Å². The summed E-state index contributed by atoms with van der Waals surface area (Å²) in [5, 5.41) is 49.6. The van der Waals surface area contributed by atoms with Gasteiger partial charge in [-0.3, -0.25) is 0 Å². The van der Waals surface area contributed by atoms with Gasteiger partial charge in [-0.05, 0) is 0 Å². The summed E-state index contributed by atoms with van der Waals surface area (Å²) in [7, 11) is 0. The van der Waals surface area contributed by atoms with Gasteiger partial charge in [-0.1, -0.05) is 0 Å². The smallest absolute Gasteiger partial charge is 0.327 e. The van der Waals surface area contributed by atoms with Crippen LogP contribution in [0.2, 0.25) is 0 Å². The van der Waals surface area contributed by atoms with Crippen molar-refractivity contribution < 1.29 is 65.0 Å². The van der Waals surface area contributed by atoms with E-state index in [9.17, 15) is 0 Å². The van der Waals surface area contributed by atoms with Gasteiger partial charge in [-0.2, -0.15) is 34.2 Å². The summed E-state index contributed by atoms with van der Waals surface area (Å²) < 4.78 is 0. The summed E-state index contributed by atoms with van der Waals surface area (Å²) >= 11 is 0. The maximum Gasteiger partial charge on any atom is 0.327 e. The molecular weight excluding hydrogens is 256 g/mol. The zero-order valence-electron chi connectivity index (χ0n) is 7.85. The molecule has 104 valence electrons. The zero-order chi connectivity index (χ0) is 13.3. The highest BCUT2D eigenvalue weighted by Crippen LogP contribution is 2.00. The first-order valence-corrected chi connectivity index (χ1v) is 3.62. The third-order valence-electron chi connectivity index (χ3n) is 0.754. The maximum atomic E-state index is 8.67. The second kappa shape index (κ2) is 9.50. The fraction of sp³-hybridized carbons (Fsp3) is 1.00. The van der Waals surface area contributed by atoms with Crippen molar-refractivity contribution in [1.82, 2.24) is 0 Å². The first-order valence-electron chi connectivity index (χ1n) is 3.62. The highest BCUT2D eigenvalue weighted by molar-refractivity contribution is 4.03. The summed E-state index contributed by atoms with van der Waals surface area (Å²) in [6.07, 6.45) is 0. The van der Waals surface area contributed by atoms with Crippen molar-refractivity contribution in [2.45, 2.75) is 25.9 Å². The highest BCUT2D eigenvalue weighted by atomic mass is 17.4. The van der Waals surface area contributed by atoms with Gasteiger partial charge in [0.1, 0.15) is 0 Å². The molecule has 0 rings (SSSR count). The molecule has 0 fully saturated rings. The molecule has 3 atom stereocenters. The summed E-state index contributed by atoms with van der Waals surface area (Å²) in [5.41, 5.74) is 0. The molecule has 0 spiro atoms. The molecule has 0 aliphatic rings. The highest BCUT2D eigenvalue weighted by Gasteiger charge is 2.16. The lowest BCUT2D eigenvalue weighted by Crippen LogP contribution is -2.27. The van der Waals surface area contributed by atoms with Gasteiger partial charge in [0, 0.05) is 0 Å². The standard InChI is InChI=1S/C4H10O13/c5-1(6)12-14-3(8)16-17-4(9)15-13-2(7)11-10/h1-10H. The molecule has 13 heteroatoms.